The molecule has 16 heavy (non-hydrogen) atoms. The second kappa shape index (κ2) is 6.77. The van der Waals surface area contributed by atoms with Crippen molar-refractivity contribution in [1.29, 1.82) is 0 Å². The van der Waals surface area contributed by atoms with E-state index >= 15 is 0 Å². The number of aliphatic hydroxyl groups excluding tert-OH is 1. The van der Waals surface area contributed by atoms with Gasteiger partial charge in [0.15, 0.2) is 0 Å². The molecule has 0 radical (unpaired) electrons. The molecule has 1 aliphatic heterocycles. The van der Waals surface area contributed by atoms with Crippen LogP contribution >= 0.6 is 0 Å². The Balaban J connectivity index is 2.61. The zero-order valence-corrected chi connectivity index (χ0v) is 12.3. The third kappa shape index (κ3) is 3.57. The molecule has 1 N–H and O–H groups in total. The van der Waals surface area contributed by atoms with Gasteiger partial charge in [0, 0.05) is 13.2 Å². The van der Waals surface area contributed by atoms with Crippen molar-refractivity contribution < 1.29 is 9.84 Å². The maximum Gasteiger partial charge on any atom is 0.0695 e. The lowest BCUT2D eigenvalue weighted by atomic mass is 9.92. The fourth-order valence-corrected chi connectivity index (χ4v) is 4.89. The topological polar surface area (TPSA) is 29.5 Å². The Labute approximate surface area is 102 Å². The molecular formula is C13H28O2Si. The van der Waals surface area contributed by atoms with Gasteiger partial charge in [-0.25, -0.2) is 0 Å². The van der Waals surface area contributed by atoms with Gasteiger partial charge in [0.05, 0.1) is 14.0 Å². The summed E-state index contributed by atoms with van der Waals surface area (Å²) in [6, 6.07) is 0. The fourth-order valence-electron chi connectivity index (χ4n) is 2.85. The molecule has 2 atom stereocenters. The standard InChI is InChI=1S/C13H28O2Si/c1-4-12(7-9-14)11-13(16(2)3)8-5-6-10-15-13/h12,14,16H,4-11H2,1-3H3. The van der Waals surface area contributed by atoms with Crippen molar-refractivity contribution >= 4 is 8.80 Å². The van der Waals surface area contributed by atoms with E-state index in [1.165, 1.54) is 32.1 Å². The molecule has 0 saturated carbocycles. The summed E-state index contributed by atoms with van der Waals surface area (Å²) in [6.45, 7) is 8.35. The van der Waals surface area contributed by atoms with E-state index in [-0.39, 0.29) is 5.22 Å². The lowest BCUT2D eigenvalue weighted by Gasteiger charge is -2.42. The van der Waals surface area contributed by atoms with Crippen molar-refractivity contribution in [3.8, 4) is 0 Å². The second-order valence-corrected chi connectivity index (χ2v) is 8.88. The second-order valence-electron chi connectivity index (χ2n) is 5.52. The smallest absolute Gasteiger partial charge is 0.0695 e. The van der Waals surface area contributed by atoms with Crippen LogP contribution in [-0.4, -0.2) is 32.3 Å². The van der Waals surface area contributed by atoms with E-state index in [4.69, 9.17) is 9.84 Å². The minimum atomic E-state index is -0.787. The van der Waals surface area contributed by atoms with Gasteiger partial charge in [-0.1, -0.05) is 26.4 Å². The van der Waals surface area contributed by atoms with Crippen LogP contribution in [0.5, 0.6) is 0 Å². The van der Waals surface area contributed by atoms with E-state index in [0.29, 0.717) is 12.5 Å². The first kappa shape index (κ1) is 14.2. The third-order valence-electron chi connectivity index (χ3n) is 4.18. The van der Waals surface area contributed by atoms with Crippen molar-refractivity contribution in [2.45, 2.75) is 63.8 Å². The summed E-state index contributed by atoms with van der Waals surface area (Å²) in [6.07, 6.45) is 7.14. The minimum Gasteiger partial charge on any atom is -0.396 e. The molecule has 96 valence electrons. The van der Waals surface area contributed by atoms with E-state index in [9.17, 15) is 0 Å². The molecule has 0 aliphatic carbocycles. The van der Waals surface area contributed by atoms with Crippen molar-refractivity contribution in [2.75, 3.05) is 13.2 Å². The van der Waals surface area contributed by atoms with E-state index < -0.39 is 8.80 Å². The van der Waals surface area contributed by atoms with Crippen LogP contribution in [0, 0.1) is 5.92 Å². The number of hydrogen-bond donors (Lipinski definition) is 1. The number of hydrogen-bond acceptors (Lipinski definition) is 2. The van der Waals surface area contributed by atoms with Gasteiger partial charge in [-0.3, -0.25) is 0 Å². The maximum absolute atomic E-state index is 9.09. The molecule has 0 bridgehead atoms. The quantitative estimate of drug-likeness (QED) is 0.728. The number of aliphatic hydroxyl groups is 1. The predicted molar refractivity (Wildman–Crippen MR) is 71.5 cm³/mol. The van der Waals surface area contributed by atoms with Crippen molar-refractivity contribution in [3.05, 3.63) is 0 Å². The first-order valence-electron chi connectivity index (χ1n) is 6.89. The minimum absolute atomic E-state index is 0.230. The molecule has 1 saturated heterocycles. The van der Waals surface area contributed by atoms with Crippen LogP contribution < -0.4 is 0 Å². The summed E-state index contributed by atoms with van der Waals surface area (Å²) in [5.74, 6) is 0.651. The Morgan fingerprint density at radius 1 is 1.38 bits per heavy atom. The fraction of sp³-hybridized carbons (Fsp3) is 1.00. The van der Waals surface area contributed by atoms with Crippen LogP contribution in [0.15, 0.2) is 0 Å². The van der Waals surface area contributed by atoms with Crippen LogP contribution in [0.1, 0.15) is 45.4 Å². The Hall–Kier alpha value is 0.137. The molecule has 0 amide bonds. The average Bonchev–Trinajstić information content (AvgIpc) is 2.29. The lowest BCUT2D eigenvalue weighted by molar-refractivity contribution is -0.0392. The first-order chi connectivity index (χ1) is 7.64. The van der Waals surface area contributed by atoms with Gasteiger partial charge in [0.1, 0.15) is 0 Å². The Bertz CT molecular complexity index is 188. The predicted octanol–water partition coefficient (Wildman–Crippen LogP) is 2.75. The van der Waals surface area contributed by atoms with Crippen molar-refractivity contribution in [3.63, 3.8) is 0 Å². The summed E-state index contributed by atoms with van der Waals surface area (Å²) in [4.78, 5) is 0. The van der Waals surface area contributed by atoms with E-state index in [0.717, 1.165) is 13.0 Å². The zero-order chi connectivity index (χ0) is 12.0. The highest BCUT2D eigenvalue weighted by Crippen LogP contribution is 2.35. The zero-order valence-electron chi connectivity index (χ0n) is 11.2. The molecule has 1 aliphatic rings. The summed E-state index contributed by atoms with van der Waals surface area (Å²) >= 11 is 0. The molecular weight excluding hydrogens is 216 g/mol. The van der Waals surface area contributed by atoms with Crippen molar-refractivity contribution in [1.82, 2.24) is 0 Å². The molecule has 2 nitrogen and oxygen atoms in total. The summed E-state index contributed by atoms with van der Waals surface area (Å²) in [5.41, 5.74) is 0. The first-order valence-corrected chi connectivity index (χ1v) is 9.78. The van der Waals surface area contributed by atoms with Gasteiger partial charge in [0.25, 0.3) is 0 Å². The van der Waals surface area contributed by atoms with Crippen LogP contribution in [0.2, 0.25) is 13.1 Å². The summed E-state index contributed by atoms with van der Waals surface area (Å²) < 4.78 is 6.19. The molecule has 2 unspecified atom stereocenters. The highest BCUT2D eigenvalue weighted by atomic mass is 28.3. The van der Waals surface area contributed by atoms with Gasteiger partial charge in [-0.05, 0) is 38.0 Å². The van der Waals surface area contributed by atoms with Gasteiger partial charge in [0.2, 0.25) is 0 Å². The molecule has 1 fully saturated rings. The van der Waals surface area contributed by atoms with Gasteiger partial charge >= 0.3 is 0 Å². The SMILES string of the molecule is CCC(CCO)CC1([SiH](C)C)CCCCO1. The Morgan fingerprint density at radius 2 is 2.12 bits per heavy atom. The molecule has 0 aromatic carbocycles. The van der Waals surface area contributed by atoms with E-state index in [1.807, 2.05) is 0 Å². The molecule has 0 aromatic heterocycles. The maximum atomic E-state index is 9.09. The molecule has 1 rings (SSSR count). The number of rotatable bonds is 6. The molecule has 1 heterocycles. The summed E-state index contributed by atoms with van der Waals surface area (Å²) in [7, 11) is -0.787. The summed E-state index contributed by atoms with van der Waals surface area (Å²) in [5, 5.41) is 9.32. The van der Waals surface area contributed by atoms with Gasteiger partial charge in [-0.2, -0.15) is 0 Å². The number of ether oxygens (including phenoxy) is 1. The molecule has 0 spiro atoms. The van der Waals surface area contributed by atoms with Crippen molar-refractivity contribution in [2.24, 2.45) is 5.92 Å². The highest BCUT2D eigenvalue weighted by molar-refractivity contribution is 6.59. The average molecular weight is 244 g/mol. The highest BCUT2D eigenvalue weighted by Gasteiger charge is 2.38. The van der Waals surface area contributed by atoms with E-state index in [1.54, 1.807) is 0 Å². The van der Waals surface area contributed by atoms with Crippen LogP contribution in [-0.2, 0) is 4.74 Å². The largest absolute Gasteiger partial charge is 0.396 e. The Kier molecular flexibility index (Phi) is 6.01. The van der Waals surface area contributed by atoms with E-state index in [2.05, 4.69) is 20.0 Å². The van der Waals surface area contributed by atoms with Gasteiger partial charge in [-0.15, -0.1) is 0 Å². The molecule has 0 aromatic rings. The van der Waals surface area contributed by atoms with Crippen LogP contribution in [0.4, 0.5) is 0 Å². The van der Waals surface area contributed by atoms with Crippen LogP contribution in [0.3, 0.4) is 0 Å². The van der Waals surface area contributed by atoms with Crippen LogP contribution in [0.25, 0.3) is 0 Å². The molecule has 3 heteroatoms. The normalized spacial score (nSPS) is 28.3. The Morgan fingerprint density at radius 3 is 2.56 bits per heavy atom. The van der Waals surface area contributed by atoms with Gasteiger partial charge < -0.3 is 9.84 Å². The third-order valence-corrected chi connectivity index (χ3v) is 6.98. The lowest BCUT2D eigenvalue weighted by Crippen LogP contribution is -2.48. The monoisotopic (exact) mass is 244 g/mol.